The average molecular weight is 547 g/mol. The van der Waals surface area contributed by atoms with Crippen LogP contribution < -0.4 is 9.47 Å². The molecule has 11 nitrogen and oxygen atoms in total. The second-order valence-corrected chi connectivity index (χ2v) is 7.26. The van der Waals surface area contributed by atoms with Gasteiger partial charge in [-0.3, -0.25) is 0 Å². The molecule has 1 aromatic carbocycles. The van der Waals surface area contributed by atoms with Crippen molar-refractivity contribution in [3.05, 3.63) is 38.9 Å². The molecule has 1 aromatic rings. The standard InChI is InChI=1S/C20H19F6NO10/c1-3-11-6-13(36-20(24,25)26)7-12-8-14(16(19(21,22)23)35-15(11)12)17(28)33-9-34-18(29)32-5-4-10(2)37-27(30)31/h6-8,10,16H,3-5,9H2,1-2H3/t10?,16-/m0/s1. The second kappa shape index (κ2) is 11.9. The van der Waals surface area contributed by atoms with E-state index in [4.69, 9.17) is 4.74 Å². The summed E-state index contributed by atoms with van der Waals surface area (Å²) < 4.78 is 101. The monoisotopic (exact) mass is 547 g/mol. The number of hydrogen-bond acceptors (Lipinski definition) is 10. The van der Waals surface area contributed by atoms with Gasteiger partial charge in [0, 0.05) is 12.0 Å². The van der Waals surface area contributed by atoms with Crippen LogP contribution in [0.4, 0.5) is 31.1 Å². The van der Waals surface area contributed by atoms with Gasteiger partial charge in [-0.15, -0.1) is 23.3 Å². The highest BCUT2D eigenvalue weighted by Crippen LogP contribution is 2.42. The number of benzene rings is 1. The van der Waals surface area contributed by atoms with E-state index in [1.807, 2.05) is 0 Å². The second-order valence-electron chi connectivity index (χ2n) is 7.26. The molecular weight excluding hydrogens is 528 g/mol. The quantitative estimate of drug-likeness (QED) is 0.136. The number of rotatable bonds is 10. The normalized spacial score (nSPS) is 15.9. The fourth-order valence-electron chi connectivity index (χ4n) is 2.99. The van der Waals surface area contributed by atoms with Crippen LogP contribution in [0.2, 0.25) is 0 Å². The number of carbonyl (C=O) groups excluding carboxylic acids is 2. The Morgan fingerprint density at radius 1 is 1.14 bits per heavy atom. The molecular formula is C20H19F6NO10. The van der Waals surface area contributed by atoms with Crippen LogP contribution in [-0.4, -0.2) is 55.4 Å². The zero-order chi connectivity index (χ0) is 28.0. The van der Waals surface area contributed by atoms with Crippen molar-refractivity contribution < 1.29 is 69.5 Å². The first-order valence-corrected chi connectivity index (χ1v) is 10.3. The molecule has 0 fully saturated rings. The lowest BCUT2D eigenvalue weighted by Crippen LogP contribution is -2.41. The van der Waals surface area contributed by atoms with Crippen molar-refractivity contribution in [2.45, 2.75) is 51.4 Å². The van der Waals surface area contributed by atoms with Gasteiger partial charge < -0.3 is 28.5 Å². The number of aryl methyl sites for hydroxylation is 1. The van der Waals surface area contributed by atoms with Crippen molar-refractivity contribution in [3.8, 4) is 11.5 Å². The van der Waals surface area contributed by atoms with Crippen molar-refractivity contribution in [2.24, 2.45) is 0 Å². The molecule has 0 amide bonds. The van der Waals surface area contributed by atoms with Crippen LogP contribution in [-0.2, 0) is 30.3 Å². The number of halogens is 6. The highest BCUT2D eigenvalue weighted by atomic mass is 19.4. The Labute approximate surface area is 203 Å². The Bertz CT molecular complexity index is 1040. The molecule has 1 unspecified atom stereocenters. The summed E-state index contributed by atoms with van der Waals surface area (Å²) in [5, 5.41) is 9.12. The van der Waals surface area contributed by atoms with Gasteiger partial charge >= 0.3 is 24.7 Å². The van der Waals surface area contributed by atoms with Crippen molar-refractivity contribution >= 4 is 18.2 Å². The summed E-state index contributed by atoms with van der Waals surface area (Å²) in [4.78, 5) is 38.1. The van der Waals surface area contributed by atoms with Gasteiger partial charge in [-0.1, -0.05) is 6.92 Å². The third-order valence-corrected chi connectivity index (χ3v) is 4.52. The molecule has 2 rings (SSSR count). The van der Waals surface area contributed by atoms with Gasteiger partial charge in [0.25, 0.3) is 5.09 Å². The van der Waals surface area contributed by atoms with Gasteiger partial charge in [0.05, 0.1) is 12.2 Å². The van der Waals surface area contributed by atoms with Gasteiger partial charge in [0.1, 0.15) is 17.6 Å². The molecule has 37 heavy (non-hydrogen) atoms. The first kappa shape index (κ1) is 29.3. The van der Waals surface area contributed by atoms with E-state index in [0.717, 1.165) is 12.1 Å². The minimum Gasteiger partial charge on any atom is -0.475 e. The van der Waals surface area contributed by atoms with Gasteiger partial charge in [-0.25, -0.2) is 9.59 Å². The predicted octanol–water partition coefficient (Wildman–Crippen LogP) is 4.50. The third-order valence-electron chi connectivity index (χ3n) is 4.52. The molecule has 0 N–H and O–H groups in total. The molecule has 17 heteroatoms. The molecule has 0 saturated carbocycles. The maximum atomic E-state index is 13.6. The summed E-state index contributed by atoms with van der Waals surface area (Å²) in [5.41, 5.74) is -1.48. The highest BCUT2D eigenvalue weighted by molar-refractivity contribution is 5.96. The van der Waals surface area contributed by atoms with Gasteiger partial charge in [-0.05, 0) is 37.1 Å². The SMILES string of the molecule is CCc1cc(OC(F)(F)F)cc2c1O[C@H](C(F)(F)F)C(C(=O)OCOC(=O)OCCC(C)O[N+](=O)[O-])=C2. The molecule has 2 atom stereocenters. The molecule has 0 aliphatic carbocycles. The van der Waals surface area contributed by atoms with Crippen LogP contribution in [0, 0.1) is 10.1 Å². The fourth-order valence-corrected chi connectivity index (χ4v) is 2.99. The maximum absolute atomic E-state index is 13.6. The smallest absolute Gasteiger partial charge is 0.475 e. The van der Waals surface area contributed by atoms with Crippen molar-refractivity contribution in [3.63, 3.8) is 0 Å². The molecule has 206 valence electrons. The number of alkyl halides is 6. The van der Waals surface area contributed by atoms with E-state index in [1.54, 1.807) is 0 Å². The highest BCUT2D eigenvalue weighted by Gasteiger charge is 2.49. The summed E-state index contributed by atoms with van der Waals surface area (Å²) in [6.07, 6.45) is -14.9. The number of nitrogens with zero attached hydrogens (tertiary/aromatic N) is 1. The van der Waals surface area contributed by atoms with E-state index < -0.39 is 72.4 Å². The zero-order valence-electron chi connectivity index (χ0n) is 19.0. The molecule has 0 bridgehead atoms. The summed E-state index contributed by atoms with van der Waals surface area (Å²) >= 11 is 0. The third kappa shape index (κ3) is 8.91. The Morgan fingerprint density at radius 3 is 2.38 bits per heavy atom. The number of esters is 1. The Hall–Kier alpha value is -3.92. The van der Waals surface area contributed by atoms with E-state index >= 15 is 0 Å². The van der Waals surface area contributed by atoms with Gasteiger partial charge in [0.15, 0.2) is 0 Å². The first-order chi connectivity index (χ1) is 17.1. The van der Waals surface area contributed by atoms with E-state index in [9.17, 15) is 46.0 Å². The Balaban J connectivity index is 2.12. The lowest BCUT2D eigenvalue weighted by atomic mass is 9.97. The number of fused-ring (bicyclic) bond motifs is 1. The van der Waals surface area contributed by atoms with Gasteiger partial charge in [-0.2, -0.15) is 13.2 Å². The Morgan fingerprint density at radius 2 is 1.81 bits per heavy atom. The summed E-state index contributed by atoms with van der Waals surface area (Å²) in [6.45, 7) is 1.19. The lowest BCUT2D eigenvalue weighted by molar-refractivity contribution is -0.767. The van der Waals surface area contributed by atoms with Crippen LogP contribution in [0.1, 0.15) is 31.4 Å². The molecule has 1 aliphatic heterocycles. The minimum absolute atomic E-state index is 0.0253. The van der Waals surface area contributed by atoms with Crippen molar-refractivity contribution in [1.29, 1.82) is 0 Å². The number of carbonyl (C=O) groups is 2. The van der Waals surface area contributed by atoms with Crippen molar-refractivity contribution in [2.75, 3.05) is 13.4 Å². The van der Waals surface area contributed by atoms with E-state index in [2.05, 4.69) is 23.8 Å². The molecule has 0 aromatic heterocycles. The average Bonchev–Trinajstić information content (AvgIpc) is 2.75. The summed E-state index contributed by atoms with van der Waals surface area (Å²) in [7, 11) is 0. The molecule has 1 aliphatic rings. The fraction of sp³-hybridized carbons (Fsp3) is 0.500. The van der Waals surface area contributed by atoms with E-state index in [1.165, 1.54) is 13.8 Å². The van der Waals surface area contributed by atoms with Crippen molar-refractivity contribution in [1.82, 2.24) is 0 Å². The van der Waals surface area contributed by atoms with Crippen LogP contribution in [0.15, 0.2) is 17.7 Å². The van der Waals surface area contributed by atoms with E-state index in [0.29, 0.717) is 6.08 Å². The number of ether oxygens (including phenoxy) is 5. The largest absolute Gasteiger partial charge is 0.573 e. The summed E-state index contributed by atoms with van der Waals surface area (Å²) in [5.74, 6) is -2.79. The van der Waals surface area contributed by atoms with Crippen LogP contribution >= 0.6 is 0 Å². The van der Waals surface area contributed by atoms with Crippen LogP contribution in [0.3, 0.4) is 0 Å². The molecule has 0 radical (unpaired) electrons. The topological polar surface area (TPSA) is 133 Å². The maximum Gasteiger partial charge on any atom is 0.573 e. The zero-order valence-corrected chi connectivity index (χ0v) is 19.0. The van der Waals surface area contributed by atoms with Gasteiger partial charge in [0.2, 0.25) is 12.9 Å². The minimum atomic E-state index is -5.13. The van der Waals surface area contributed by atoms with E-state index in [-0.39, 0.29) is 24.0 Å². The molecule has 0 spiro atoms. The van der Waals surface area contributed by atoms with Crippen LogP contribution in [0.25, 0.3) is 6.08 Å². The first-order valence-electron chi connectivity index (χ1n) is 10.3. The Kier molecular flexibility index (Phi) is 9.41. The number of hydrogen-bond donors (Lipinski definition) is 0. The van der Waals surface area contributed by atoms with Crippen LogP contribution in [0.5, 0.6) is 11.5 Å². The lowest BCUT2D eigenvalue weighted by Gasteiger charge is -2.29. The summed E-state index contributed by atoms with van der Waals surface area (Å²) in [6, 6.07) is 1.60. The molecule has 0 saturated heterocycles. The predicted molar refractivity (Wildman–Crippen MR) is 107 cm³/mol. The molecule has 1 heterocycles.